The van der Waals surface area contributed by atoms with E-state index >= 15 is 0 Å². The van der Waals surface area contributed by atoms with Crippen molar-refractivity contribution in [2.75, 3.05) is 33.3 Å². The molecule has 40 heavy (non-hydrogen) atoms. The lowest BCUT2D eigenvalue weighted by molar-refractivity contribution is -0.155. The van der Waals surface area contributed by atoms with E-state index in [1.165, 1.54) is 0 Å². The minimum absolute atomic E-state index is 0.147. The van der Waals surface area contributed by atoms with E-state index in [1.54, 1.807) is 77.5 Å². The molecule has 0 fully saturated rings. The van der Waals surface area contributed by atoms with Crippen LogP contribution in [0, 0.1) is 5.92 Å². The maximum Gasteiger partial charge on any atom is 0.318 e. The first-order valence-corrected chi connectivity index (χ1v) is 13.3. The van der Waals surface area contributed by atoms with Crippen LogP contribution in [0.5, 0.6) is 23.0 Å². The number of rotatable bonds is 9. The second kappa shape index (κ2) is 12.5. The predicted molar refractivity (Wildman–Crippen MR) is 153 cm³/mol. The van der Waals surface area contributed by atoms with Crippen LogP contribution in [0.25, 0.3) is 0 Å². The molecule has 0 aromatic heterocycles. The lowest BCUT2D eigenvalue weighted by atomic mass is 9.83. The van der Waals surface area contributed by atoms with Crippen molar-refractivity contribution < 1.29 is 33.3 Å². The number of fused-ring (bicyclic) bond motifs is 1. The summed E-state index contributed by atoms with van der Waals surface area (Å²) in [4.78, 5) is 29.3. The molecule has 3 aromatic carbocycles. The highest BCUT2D eigenvalue weighted by molar-refractivity contribution is 6.30. The summed E-state index contributed by atoms with van der Waals surface area (Å²) >= 11 is 6.52. The van der Waals surface area contributed by atoms with E-state index in [1.807, 2.05) is 24.3 Å². The average Bonchev–Trinajstić information content (AvgIpc) is 3.06. The van der Waals surface area contributed by atoms with Gasteiger partial charge >= 0.3 is 5.97 Å². The zero-order chi connectivity index (χ0) is 29.0. The molecule has 2 atom stereocenters. The van der Waals surface area contributed by atoms with Crippen LogP contribution in [0.4, 0.5) is 5.69 Å². The van der Waals surface area contributed by atoms with Gasteiger partial charge < -0.3 is 28.6 Å². The summed E-state index contributed by atoms with van der Waals surface area (Å²) in [7, 11) is 6.26. The maximum absolute atomic E-state index is 14.3. The van der Waals surface area contributed by atoms with Gasteiger partial charge in [-0.15, -0.1) is 0 Å². The van der Waals surface area contributed by atoms with E-state index in [0.717, 1.165) is 16.7 Å². The second-order valence-electron chi connectivity index (χ2n) is 9.71. The number of amides is 1. The van der Waals surface area contributed by atoms with Crippen LogP contribution < -0.4 is 23.8 Å². The molecular formula is C31H34ClNO7. The lowest BCUT2D eigenvalue weighted by Gasteiger charge is -2.27. The molecule has 0 bridgehead atoms. The molecule has 0 radical (unpaired) electrons. The Labute approximate surface area is 239 Å². The Morgan fingerprint density at radius 3 is 2.33 bits per heavy atom. The number of carbonyl (C=O) groups excluding carboxylic acids is 2. The van der Waals surface area contributed by atoms with E-state index in [9.17, 15) is 9.59 Å². The summed E-state index contributed by atoms with van der Waals surface area (Å²) in [6, 6.07) is 16.3. The summed E-state index contributed by atoms with van der Waals surface area (Å²) in [6.07, 6.45) is -0.238. The van der Waals surface area contributed by atoms with Crippen molar-refractivity contribution in [2.24, 2.45) is 5.92 Å². The van der Waals surface area contributed by atoms with Gasteiger partial charge in [-0.3, -0.25) is 9.59 Å². The van der Waals surface area contributed by atoms with Gasteiger partial charge in [-0.25, -0.2) is 0 Å². The Kier molecular flexibility index (Phi) is 9.10. The molecule has 8 nitrogen and oxygen atoms in total. The molecule has 9 heteroatoms. The monoisotopic (exact) mass is 567 g/mol. The lowest BCUT2D eigenvalue weighted by Crippen LogP contribution is -2.39. The molecule has 1 heterocycles. The zero-order valence-electron chi connectivity index (χ0n) is 23.5. The van der Waals surface area contributed by atoms with Crippen LogP contribution >= 0.6 is 11.6 Å². The zero-order valence-corrected chi connectivity index (χ0v) is 24.3. The highest BCUT2D eigenvalue weighted by Crippen LogP contribution is 2.47. The predicted octanol–water partition coefficient (Wildman–Crippen LogP) is 6.01. The summed E-state index contributed by atoms with van der Waals surface area (Å²) in [6.45, 7) is 3.67. The molecule has 0 saturated heterocycles. The number of benzene rings is 3. The summed E-state index contributed by atoms with van der Waals surface area (Å²) in [5.41, 5.74) is 2.91. The quantitative estimate of drug-likeness (QED) is 0.231. The molecule has 2 unspecified atom stereocenters. The van der Waals surface area contributed by atoms with Crippen LogP contribution in [-0.2, 0) is 20.9 Å². The summed E-state index contributed by atoms with van der Waals surface area (Å²) in [5.74, 6) is -0.240. The molecular weight excluding hydrogens is 534 g/mol. The smallest absolute Gasteiger partial charge is 0.318 e. The summed E-state index contributed by atoms with van der Waals surface area (Å²) < 4.78 is 27.9. The van der Waals surface area contributed by atoms with Gasteiger partial charge in [0.25, 0.3) is 0 Å². The molecule has 0 aliphatic carbocycles. The van der Waals surface area contributed by atoms with Gasteiger partial charge in [0.2, 0.25) is 5.91 Å². The number of para-hydroxylation sites is 1. The molecule has 1 aliphatic heterocycles. The Bertz CT molecular complexity index is 1390. The van der Waals surface area contributed by atoms with Crippen LogP contribution in [0.1, 0.15) is 42.9 Å². The number of carbonyl (C=O) groups is 2. The van der Waals surface area contributed by atoms with Gasteiger partial charge in [0.1, 0.15) is 17.4 Å². The van der Waals surface area contributed by atoms with E-state index in [4.69, 9.17) is 35.3 Å². The first-order valence-electron chi connectivity index (χ1n) is 12.9. The molecule has 3 aromatic rings. The van der Waals surface area contributed by atoms with E-state index < -0.39 is 17.8 Å². The first-order chi connectivity index (χ1) is 19.2. The number of halogens is 1. The van der Waals surface area contributed by atoms with Crippen molar-refractivity contribution in [1.82, 2.24) is 0 Å². The number of esters is 1. The Balaban J connectivity index is 1.93. The van der Waals surface area contributed by atoms with Crippen molar-refractivity contribution in [3.63, 3.8) is 0 Å². The third kappa shape index (κ3) is 5.82. The normalized spacial score (nSPS) is 16.7. The van der Waals surface area contributed by atoms with Crippen LogP contribution in [-0.4, -0.2) is 46.4 Å². The van der Waals surface area contributed by atoms with Crippen LogP contribution in [0.2, 0.25) is 5.02 Å². The maximum atomic E-state index is 14.3. The SMILES string of the molecule is COc1ccc(CN2C(=O)C(C(=O)OC(C)C)CC(c3cccc(OC)c3OC)c3cc(Cl)ccc32)c(OC)c1. The molecule has 1 amide bonds. The fraction of sp³-hybridized carbons (Fsp3) is 0.355. The van der Waals surface area contributed by atoms with Crippen molar-refractivity contribution in [3.8, 4) is 23.0 Å². The van der Waals surface area contributed by atoms with Gasteiger partial charge in [0.05, 0.1) is 41.1 Å². The van der Waals surface area contributed by atoms with Crippen molar-refractivity contribution in [2.45, 2.75) is 38.8 Å². The van der Waals surface area contributed by atoms with E-state index in [0.29, 0.717) is 33.7 Å². The number of ether oxygens (including phenoxy) is 5. The van der Waals surface area contributed by atoms with Gasteiger partial charge in [-0.2, -0.15) is 0 Å². The number of methoxy groups -OCH3 is 4. The van der Waals surface area contributed by atoms with Gasteiger partial charge in [-0.05, 0) is 62.2 Å². The highest BCUT2D eigenvalue weighted by atomic mass is 35.5. The van der Waals surface area contributed by atoms with Crippen molar-refractivity contribution in [3.05, 3.63) is 76.3 Å². The molecule has 4 rings (SSSR count). The van der Waals surface area contributed by atoms with E-state index in [-0.39, 0.29) is 25.0 Å². The van der Waals surface area contributed by atoms with Crippen LogP contribution in [0.15, 0.2) is 54.6 Å². The highest BCUT2D eigenvalue weighted by Gasteiger charge is 2.42. The standard InChI is InChI=1S/C31H34ClNO7/c1-18(2)40-31(35)25-16-23(22-8-7-9-27(37-4)29(22)39-6)24-14-20(32)11-13-26(24)33(30(25)34)17-19-10-12-21(36-3)15-28(19)38-5/h7-15,18,23,25H,16-17H2,1-6H3. The van der Waals surface area contributed by atoms with Gasteiger partial charge in [0, 0.05) is 33.8 Å². The fourth-order valence-electron chi connectivity index (χ4n) is 5.13. The van der Waals surface area contributed by atoms with Crippen molar-refractivity contribution in [1.29, 1.82) is 0 Å². The minimum atomic E-state index is -1.08. The van der Waals surface area contributed by atoms with Crippen molar-refractivity contribution >= 4 is 29.2 Å². The topological polar surface area (TPSA) is 83.5 Å². The Morgan fingerprint density at radius 1 is 0.925 bits per heavy atom. The number of nitrogens with zero attached hydrogens (tertiary/aromatic N) is 1. The second-order valence-corrected chi connectivity index (χ2v) is 10.2. The molecule has 1 aliphatic rings. The third-order valence-electron chi connectivity index (χ3n) is 6.96. The fourth-order valence-corrected chi connectivity index (χ4v) is 5.31. The number of anilines is 1. The average molecular weight is 568 g/mol. The van der Waals surface area contributed by atoms with Crippen LogP contribution in [0.3, 0.4) is 0 Å². The minimum Gasteiger partial charge on any atom is -0.497 e. The number of hydrogen-bond acceptors (Lipinski definition) is 7. The summed E-state index contributed by atoms with van der Waals surface area (Å²) in [5, 5.41) is 0.503. The number of hydrogen-bond donors (Lipinski definition) is 0. The van der Waals surface area contributed by atoms with E-state index in [2.05, 4.69) is 0 Å². The largest absolute Gasteiger partial charge is 0.497 e. The van der Waals surface area contributed by atoms with Gasteiger partial charge in [-0.1, -0.05) is 23.7 Å². The third-order valence-corrected chi connectivity index (χ3v) is 7.19. The molecule has 0 spiro atoms. The molecule has 212 valence electrons. The molecule has 0 N–H and O–H groups in total. The Morgan fingerprint density at radius 2 is 1.68 bits per heavy atom. The Hall–Kier alpha value is -3.91. The molecule has 0 saturated carbocycles. The first kappa shape index (κ1) is 29.1. The van der Waals surface area contributed by atoms with Gasteiger partial charge in [0.15, 0.2) is 11.5 Å².